The molecule has 0 fully saturated rings. The molecule has 0 aliphatic heterocycles. The standard InChI is InChI=1S/C41H80NO9P/c1-3-5-7-9-11-13-15-17-18-19-20-22-24-26-28-30-32-34-48-35-38(36-49-52(46,47)50-37-39(42)41(44)45)51-40(43)33-31-29-27-25-23-21-16-14-12-10-8-6-4-2/h18-19,38-39H,3-17,20-37,42H2,1-2H3,(H,44,45)(H,46,47)/b19-18-. The summed E-state index contributed by atoms with van der Waals surface area (Å²) in [5, 5.41) is 8.88. The molecule has 10 nitrogen and oxygen atoms in total. The number of carbonyl (C=O) groups excluding carboxylic acids is 1. The fourth-order valence-electron chi connectivity index (χ4n) is 5.95. The van der Waals surface area contributed by atoms with Crippen LogP contribution in [0.1, 0.15) is 200 Å². The average Bonchev–Trinajstić information content (AvgIpc) is 3.12. The van der Waals surface area contributed by atoms with Gasteiger partial charge in [-0.2, -0.15) is 0 Å². The maximum Gasteiger partial charge on any atom is 0.472 e. The van der Waals surface area contributed by atoms with Crippen LogP contribution < -0.4 is 5.73 Å². The fraction of sp³-hybridized carbons (Fsp3) is 0.902. The highest BCUT2D eigenvalue weighted by molar-refractivity contribution is 7.47. The Balaban J connectivity index is 4.23. The van der Waals surface area contributed by atoms with Gasteiger partial charge in [-0.1, -0.05) is 167 Å². The zero-order valence-corrected chi connectivity index (χ0v) is 34.3. The van der Waals surface area contributed by atoms with Crippen LogP contribution in [0, 0.1) is 0 Å². The number of unbranched alkanes of at least 4 members (excludes halogenated alkanes) is 25. The number of carboxylic acid groups (broad SMARTS) is 1. The minimum absolute atomic E-state index is 0.0180. The van der Waals surface area contributed by atoms with E-state index in [-0.39, 0.29) is 13.0 Å². The van der Waals surface area contributed by atoms with Crippen molar-refractivity contribution in [3.05, 3.63) is 12.2 Å². The van der Waals surface area contributed by atoms with E-state index in [2.05, 4.69) is 26.0 Å². The lowest BCUT2D eigenvalue weighted by molar-refractivity contribution is -0.154. The van der Waals surface area contributed by atoms with E-state index in [0.717, 1.165) is 44.9 Å². The van der Waals surface area contributed by atoms with Gasteiger partial charge < -0.3 is 25.2 Å². The highest BCUT2D eigenvalue weighted by atomic mass is 31.2. The lowest BCUT2D eigenvalue weighted by Gasteiger charge is -2.20. The lowest BCUT2D eigenvalue weighted by atomic mass is 10.0. The summed E-state index contributed by atoms with van der Waals surface area (Å²) >= 11 is 0. The SMILES string of the molecule is CCCCCCCCC/C=C\CCCCCCCCOCC(COP(=O)(O)OCC(N)C(=O)O)OC(=O)CCCCCCCCCCCCCCC. The molecule has 0 saturated carbocycles. The first-order chi connectivity index (χ1) is 25.2. The van der Waals surface area contributed by atoms with Gasteiger partial charge >= 0.3 is 19.8 Å². The van der Waals surface area contributed by atoms with Gasteiger partial charge in [0.05, 0.1) is 19.8 Å². The zero-order chi connectivity index (χ0) is 38.4. The van der Waals surface area contributed by atoms with Crippen molar-refractivity contribution in [2.45, 2.75) is 212 Å². The normalized spacial score (nSPS) is 14.1. The molecule has 0 aromatic heterocycles. The number of phosphoric acid groups is 1. The number of hydrogen-bond acceptors (Lipinski definition) is 8. The molecule has 0 aliphatic carbocycles. The number of carbonyl (C=O) groups is 2. The van der Waals surface area contributed by atoms with Crippen LogP contribution in [0.15, 0.2) is 12.2 Å². The summed E-state index contributed by atoms with van der Waals surface area (Å²) in [7, 11) is -4.61. The maximum atomic E-state index is 12.6. The van der Waals surface area contributed by atoms with Crippen LogP contribution in [0.2, 0.25) is 0 Å². The van der Waals surface area contributed by atoms with Crippen molar-refractivity contribution in [3.63, 3.8) is 0 Å². The van der Waals surface area contributed by atoms with E-state index in [1.165, 1.54) is 135 Å². The Kier molecular flexibility index (Phi) is 37.1. The lowest BCUT2D eigenvalue weighted by Crippen LogP contribution is -2.34. The van der Waals surface area contributed by atoms with Crippen molar-refractivity contribution in [2.24, 2.45) is 5.73 Å². The molecular formula is C41H80NO9P. The van der Waals surface area contributed by atoms with Crippen LogP contribution in [0.25, 0.3) is 0 Å². The molecule has 0 bridgehead atoms. The van der Waals surface area contributed by atoms with Crippen LogP contribution in [0.3, 0.4) is 0 Å². The summed E-state index contributed by atoms with van der Waals surface area (Å²) in [6.45, 7) is 3.88. The molecule has 0 radical (unpaired) electrons. The molecule has 308 valence electrons. The number of nitrogens with two attached hydrogens (primary N) is 1. The summed E-state index contributed by atoms with van der Waals surface area (Å²) in [4.78, 5) is 33.5. The van der Waals surface area contributed by atoms with Gasteiger partial charge in [-0.15, -0.1) is 0 Å². The highest BCUT2D eigenvalue weighted by Gasteiger charge is 2.27. The first-order valence-electron chi connectivity index (χ1n) is 21.2. The average molecular weight is 762 g/mol. The molecule has 3 unspecified atom stereocenters. The highest BCUT2D eigenvalue weighted by Crippen LogP contribution is 2.43. The van der Waals surface area contributed by atoms with Crippen LogP contribution in [0.4, 0.5) is 0 Å². The molecule has 0 aliphatic rings. The van der Waals surface area contributed by atoms with Crippen LogP contribution >= 0.6 is 7.82 Å². The molecule has 0 amide bonds. The first-order valence-corrected chi connectivity index (χ1v) is 22.7. The summed E-state index contributed by atoms with van der Waals surface area (Å²) in [6.07, 6.45) is 38.3. The van der Waals surface area contributed by atoms with Crippen molar-refractivity contribution in [3.8, 4) is 0 Å². The zero-order valence-electron chi connectivity index (χ0n) is 33.4. The summed E-state index contributed by atoms with van der Waals surface area (Å²) in [6, 6.07) is -1.47. The van der Waals surface area contributed by atoms with Crippen molar-refractivity contribution in [1.29, 1.82) is 0 Å². The Morgan fingerprint density at radius 3 is 1.46 bits per heavy atom. The molecular weight excluding hydrogens is 681 g/mol. The second kappa shape index (κ2) is 38.0. The van der Waals surface area contributed by atoms with E-state index in [1.807, 2.05) is 0 Å². The summed E-state index contributed by atoms with van der Waals surface area (Å²) < 4.78 is 33.3. The van der Waals surface area contributed by atoms with Gasteiger partial charge in [0.1, 0.15) is 12.1 Å². The molecule has 4 N–H and O–H groups in total. The summed E-state index contributed by atoms with van der Waals surface area (Å²) in [5.74, 6) is -1.77. The number of carboxylic acids is 1. The van der Waals surface area contributed by atoms with Crippen molar-refractivity contribution in [2.75, 3.05) is 26.4 Å². The molecule has 0 spiro atoms. The molecule has 0 heterocycles. The molecule has 0 saturated heterocycles. The number of phosphoric ester groups is 1. The predicted molar refractivity (Wildman–Crippen MR) is 212 cm³/mol. The topological polar surface area (TPSA) is 155 Å². The van der Waals surface area contributed by atoms with Crippen molar-refractivity contribution >= 4 is 19.8 Å². The van der Waals surface area contributed by atoms with Gasteiger partial charge in [-0.05, 0) is 38.5 Å². The van der Waals surface area contributed by atoms with E-state index in [9.17, 15) is 19.0 Å². The predicted octanol–water partition coefficient (Wildman–Crippen LogP) is 11.4. The third-order valence-electron chi connectivity index (χ3n) is 9.29. The Morgan fingerprint density at radius 1 is 0.596 bits per heavy atom. The molecule has 52 heavy (non-hydrogen) atoms. The number of rotatable bonds is 41. The van der Waals surface area contributed by atoms with Crippen molar-refractivity contribution < 1.29 is 42.7 Å². The smallest absolute Gasteiger partial charge is 0.472 e. The van der Waals surface area contributed by atoms with Crippen LogP contribution in [0.5, 0.6) is 0 Å². The van der Waals surface area contributed by atoms with Gasteiger partial charge in [-0.25, -0.2) is 4.57 Å². The molecule has 3 atom stereocenters. The Hall–Kier alpha value is -1.29. The van der Waals surface area contributed by atoms with Crippen molar-refractivity contribution in [1.82, 2.24) is 0 Å². The van der Waals surface area contributed by atoms with E-state index in [4.69, 9.17) is 29.4 Å². The largest absolute Gasteiger partial charge is 0.480 e. The fourth-order valence-corrected chi connectivity index (χ4v) is 6.73. The van der Waals surface area contributed by atoms with E-state index < -0.39 is 45.1 Å². The second-order valence-corrected chi connectivity index (χ2v) is 15.9. The molecule has 0 rings (SSSR count). The molecule has 0 aromatic rings. The number of ether oxygens (including phenoxy) is 2. The Labute approximate surface area is 318 Å². The van der Waals surface area contributed by atoms with Gasteiger partial charge in [0.25, 0.3) is 0 Å². The van der Waals surface area contributed by atoms with E-state index in [1.54, 1.807) is 0 Å². The van der Waals surface area contributed by atoms with E-state index in [0.29, 0.717) is 6.61 Å². The monoisotopic (exact) mass is 762 g/mol. The number of aliphatic carboxylic acids is 1. The van der Waals surface area contributed by atoms with Crippen LogP contribution in [-0.2, 0) is 32.7 Å². The minimum Gasteiger partial charge on any atom is -0.480 e. The number of hydrogen-bond donors (Lipinski definition) is 3. The molecule has 0 aromatic carbocycles. The van der Waals surface area contributed by atoms with Crippen LogP contribution in [-0.4, -0.2) is 60.5 Å². The van der Waals surface area contributed by atoms with Gasteiger partial charge in [0, 0.05) is 13.0 Å². The third kappa shape index (κ3) is 37.0. The second-order valence-electron chi connectivity index (χ2n) is 14.5. The third-order valence-corrected chi connectivity index (χ3v) is 10.2. The van der Waals surface area contributed by atoms with Gasteiger partial charge in [0.15, 0.2) is 0 Å². The number of allylic oxidation sites excluding steroid dienone is 2. The quantitative estimate of drug-likeness (QED) is 0.0237. The number of esters is 1. The van der Waals surface area contributed by atoms with E-state index >= 15 is 0 Å². The first kappa shape index (κ1) is 50.7. The van der Waals surface area contributed by atoms with Gasteiger partial charge in [-0.3, -0.25) is 18.6 Å². The Morgan fingerprint density at radius 2 is 1.00 bits per heavy atom. The molecule has 11 heteroatoms. The minimum atomic E-state index is -4.61. The maximum absolute atomic E-state index is 12.6. The summed E-state index contributed by atoms with van der Waals surface area (Å²) in [5.41, 5.74) is 5.35. The van der Waals surface area contributed by atoms with Gasteiger partial charge in [0.2, 0.25) is 0 Å². The Bertz CT molecular complexity index is 888.